The summed E-state index contributed by atoms with van der Waals surface area (Å²) in [6, 6.07) is 0.199. The number of aliphatic hydroxyl groups excluding tert-OH is 2. The quantitative estimate of drug-likeness (QED) is 0.703. The highest BCUT2D eigenvalue weighted by Crippen LogP contribution is 2.22. The van der Waals surface area contributed by atoms with Gasteiger partial charge in [-0.15, -0.1) is 0 Å². The minimum Gasteiger partial charge on any atom is -0.391 e. The summed E-state index contributed by atoms with van der Waals surface area (Å²) in [4.78, 5) is 2.06. The van der Waals surface area contributed by atoms with E-state index in [1.807, 2.05) is 14.0 Å². The Hall–Kier alpha value is -0.160. The molecule has 1 rings (SSSR count). The smallest absolute Gasteiger partial charge is 0.0900 e. The van der Waals surface area contributed by atoms with E-state index in [-0.39, 0.29) is 12.1 Å². The Kier molecular flexibility index (Phi) is 6.28. The van der Waals surface area contributed by atoms with Crippen LogP contribution in [-0.4, -0.2) is 60.2 Å². The van der Waals surface area contributed by atoms with E-state index < -0.39 is 6.10 Å². The van der Waals surface area contributed by atoms with Crippen molar-refractivity contribution >= 4 is 0 Å². The Morgan fingerprint density at radius 3 is 2.69 bits per heavy atom. The second-order valence-corrected chi connectivity index (χ2v) is 4.67. The summed E-state index contributed by atoms with van der Waals surface area (Å²) in [6.07, 6.45) is 3.51. The van der Waals surface area contributed by atoms with E-state index in [9.17, 15) is 10.2 Å². The Morgan fingerprint density at radius 1 is 1.38 bits per heavy atom. The number of ether oxygens (including phenoxy) is 1. The predicted molar refractivity (Wildman–Crippen MR) is 63.4 cm³/mol. The Bertz CT molecular complexity index is 189. The third-order valence-corrected chi connectivity index (χ3v) is 3.27. The van der Waals surface area contributed by atoms with Gasteiger partial charge in [-0.3, -0.25) is 4.90 Å². The summed E-state index contributed by atoms with van der Waals surface area (Å²) in [5.74, 6) is 0. The van der Waals surface area contributed by atoms with Gasteiger partial charge in [-0.1, -0.05) is 12.8 Å². The molecule has 4 nitrogen and oxygen atoms in total. The number of hydrogen-bond donors (Lipinski definition) is 2. The van der Waals surface area contributed by atoms with Crippen LogP contribution in [0.3, 0.4) is 0 Å². The molecular formula is C12H25NO3. The van der Waals surface area contributed by atoms with Crippen LogP contribution in [0.5, 0.6) is 0 Å². The molecule has 1 aliphatic carbocycles. The molecule has 4 heteroatoms. The van der Waals surface area contributed by atoms with Gasteiger partial charge in [0.1, 0.15) is 0 Å². The van der Waals surface area contributed by atoms with Gasteiger partial charge >= 0.3 is 0 Å². The number of hydrogen-bond acceptors (Lipinski definition) is 4. The van der Waals surface area contributed by atoms with E-state index in [1.54, 1.807) is 0 Å². The molecule has 0 aromatic rings. The maximum Gasteiger partial charge on any atom is 0.0900 e. The van der Waals surface area contributed by atoms with Crippen molar-refractivity contribution in [3.05, 3.63) is 0 Å². The van der Waals surface area contributed by atoms with Crippen molar-refractivity contribution in [3.63, 3.8) is 0 Å². The molecule has 1 fully saturated rings. The molecule has 16 heavy (non-hydrogen) atoms. The van der Waals surface area contributed by atoms with Crippen molar-refractivity contribution < 1.29 is 14.9 Å². The van der Waals surface area contributed by atoms with Crippen LogP contribution in [0.25, 0.3) is 0 Å². The van der Waals surface area contributed by atoms with E-state index in [4.69, 9.17) is 4.74 Å². The van der Waals surface area contributed by atoms with Gasteiger partial charge < -0.3 is 14.9 Å². The summed E-state index contributed by atoms with van der Waals surface area (Å²) in [6.45, 7) is 3.50. The topological polar surface area (TPSA) is 52.9 Å². The second-order valence-electron chi connectivity index (χ2n) is 4.67. The molecule has 3 atom stereocenters. The standard InChI is InChI=1S/C12H25NO3/c1-3-16-9-10(14)8-13(2)11-6-4-5-7-12(11)15/h10-12,14-15H,3-9H2,1-2H3. The molecule has 3 unspecified atom stereocenters. The Labute approximate surface area is 98.2 Å². The molecule has 0 amide bonds. The highest BCUT2D eigenvalue weighted by Gasteiger charge is 2.27. The number of aliphatic hydroxyl groups is 2. The molecule has 2 N–H and O–H groups in total. The molecule has 0 aliphatic heterocycles. The molecule has 0 radical (unpaired) electrons. The van der Waals surface area contributed by atoms with Crippen LogP contribution in [0.1, 0.15) is 32.6 Å². The molecule has 0 bridgehead atoms. The lowest BCUT2D eigenvalue weighted by Gasteiger charge is -2.36. The summed E-state index contributed by atoms with van der Waals surface area (Å²) in [5, 5.41) is 19.6. The first-order chi connectivity index (χ1) is 7.65. The molecular weight excluding hydrogens is 206 g/mol. The third kappa shape index (κ3) is 4.37. The Morgan fingerprint density at radius 2 is 2.06 bits per heavy atom. The summed E-state index contributed by atoms with van der Waals surface area (Å²) < 4.78 is 5.17. The average molecular weight is 231 g/mol. The summed E-state index contributed by atoms with van der Waals surface area (Å²) >= 11 is 0. The molecule has 1 saturated carbocycles. The van der Waals surface area contributed by atoms with Gasteiger partial charge in [-0.05, 0) is 26.8 Å². The van der Waals surface area contributed by atoms with Crippen LogP contribution in [0.2, 0.25) is 0 Å². The average Bonchev–Trinajstić information content (AvgIpc) is 2.26. The van der Waals surface area contributed by atoms with Crippen molar-refractivity contribution in [2.75, 3.05) is 26.8 Å². The van der Waals surface area contributed by atoms with E-state index >= 15 is 0 Å². The normalized spacial score (nSPS) is 28.3. The zero-order valence-corrected chi connectivity index (χ0v) is 10.4. The van der Waals surface area contributed by atoms with Crippen LogP contribution >= 0.6 is 0 Å². The molecule has 0 spiro atoms. The zero-order valence-electron chi connectivity index (χ0n) is 10.4. The van der Waals surface area contributed by atoms with Gasteiger partial charge in [0.15, 0.2) is 0 Å². The number of rotatable bonds is 6. The van der Waals surface area contributed by atoms with Gasteiger partial charge in [0.05, 0.1) is 18.8 Å². The first kappa shape index (κ1) is 13.9. The fraction of sp³-hybridized carbons (Fsp3) is 1.00. The predicted octanol–water partition coefficient (Wildman–Crippen LogP) is 0.619. The zero-order chi connectivity index (χ0) is 12.0. The van der Waals surface area contributed by atoms with Gasteiger partial charge in [0.2, 0.25) is 0 Å². The van der Waals surface area contributed by atoms with E-state index in [2.05, 4.69) is 4.90 Å². The van der Waals surface area contributed by atoms with Crippen LogP contribution in [0.15, 0.2) is 0 Å². The SMILES string of the molecule is CCOCC(O)CN(C)C1CCCCC1O. The van der Waals surface area contributed by atoms with Crippen LogP contribution < -0.4 is 0 Å². The second kappa shape index (κ2) is 7.22. The largest absolute Gasteiger partial charge is 0.391 e. The van der Waals surface area contributed by atoms with E-state index in [0.717, 1.165) is 19.3 Å². The lowest BCUT2D eigenvalue weighted by atomic mass is 9.91. The minimum absolute atomic E-state index is 0.199. The highest BCUT2D eigenvalue weighted by molar-refractivity contribution is 4.82. The fourth-order valence-electron chi connectivity index (χ4n) is 2.38. The first-order valence-corrected chi connectivity index (χ1v) is 6.29. The monoisotopic (exact) mass is 231 g/mol. The fourth-order valence-corrected chi connectivity index (χ4v) is 2.38. The van der Waals surface area contributed by atoms with Crippen molar-refractivity contribution in [1.82, 2.24) is 4.90 Å². The third-order valence-electron chi connectivity index (χ3n) is 3.27. The Balaban J connectivity index is 2.29. The molecule has 96 valence electrons. The molecule has 1 aliphatic rings. The van der Waals surface area contributed by atoms with Crippen molar-refractivity contribution in [3.8, 4) is 0 Å². The maximum atomic E-state index is 9.87. The molecule has 0 saturated heterocycles. The van der Waals surface area contributed by atoms with Crippen molar-refractivity contribution in [2.24, 2.45) is 0 Å². The van der Waals surface area contributed by atoms with Gasteiger partial charge in [0.25, 0.3) is 0 Å². The molecule has 0 aromatic heterocycles. The highest BCUT2D eigenvalue weighted by atomic mass is 16.5. The summed E-state index contributed by atoms with van der Waals surface area (Å²) in [5.41, 5.74) is 0. The van der Waals surface area contributed by atoms with Crippen molar-refractivity contribution in [2.45, 2.75) is 50.9 Å². The lowest BCUT2D eigenvalue weighted by Crippen LogP contribution is -2.46. The summed E-state index contributed by atoms with van der Waals surface area (Å²) in [7, 11) is 1.97. The van der Waals surface area contributed by atoms with E-state index in [0.29, 0.717) is 19.8 Å². The van der Waals surface area contributed by atoms with Crippen LogP contribution in [-0.2, 0) is 4.74 Å². The van der Waals surface area contributed by atoms with Crippen LogP contribution in [0, 0.1) is 0 Å². The van der Waals surface area contributed by atoms with Crippen LogP contribution in [0.4, 0.5) is 0 Å². The number of nitrogens with zero attached hydrogens (tertiary/aromatic N) is 1. The first-order valence-electron chi connectivity index (χ1n) is 6.29. The number of likely N-dealkylation sites (N-methyl/N-ethyl adjacent to an activating group) is 1. The minimum atomic E-state index is -0.459. The lowest BCUT2D eigenvalue weighted by molar-refractivity contribution is -0.0135. The molecule has 0 heterocycles. The molecule has 0 aromatic carbocycles. The van der Waals surface area contributed by atoms with Gasteiger partial charge in [-0.25, -0.2) is 0 Å². The maximum absolute atomic E-state index is 9.87. The van der Waals surface area contributed by atoms with Gasteiger partial charge in [0, 0.05) is 19.2 Å². The van der Waals surface area contributed by atoms with E-state index in [1.165, 1.54) is 6.42 Å². The van der Waals surface area contributed by atoms with Gasteiger partial charge in [-0.2, -0.15) is 0 Å². The van der Waals surface area contributed by atoms with Crippen molar-refractivity contribution in [1.29, 1.82) is 0 Å².